The van der Waals surface area contributed by atoms with Gasteiger partial charge in [-0.3, -0.25) is 4.79 Å². The minimum absolute atomic E-state index is 0.406. The van der Waals surface area contributed by atoms with Crippen molar-refractivity contribution in [3.05, 3.63) is 23.8 Å². The lowest BCUT2D eigenvalue weighted by Gasteiger charge is -2.24. The Hall–Kier alpha value is -1.16. The summed E-state index contributed by atoms with van der Waals surface area (Å²) in [7, 11) is 0.406. The third-order valence-corrected chi connectivity index (χ3v) is 8.36. The zero-order valence-corrected chi connectivity index (χ0v) is 20.5. The highest BCUT2D eigenvalue weighted by Crippen LogP contribution is 2.34. The highest BCUT2D eigenvalue weighted by molar-refractivity contribution is 7.58. The van der Waals surface area contributed by atoms with Crippen molar-refractivity contribution in [2.75, 3.05) is 46.1 Å². The molecule has 178 valence electrons. The average molecular weight is 462 g/mol. The van der Waals surface area contributed by atoms with Crippen LogP contribution < -0.4 is 9.47 Å². The van der Waals surface area contributed by atoms with E-state index in [0.29, 0.717) is 33.0 Å². The van der Waals surface area contributed by atoms with Gasteiger partial charge in [0.25, 0.3) is 0 Å². The average Bonchev–Trinajstić information content (AvgIpc) is 3.32. The number of carbonyl (C=O) groups is 1. The lowest BCUT2D eigenvalue weighted by Crippen LogP contribution is -2.29. The second-order valence-electron chi connectivity index (χ2n) is 9.61. The monoisotopic (exact) mass is 461 g/mol. The second kappa shape index (κ2) is 12.9. The van der Waals surface area contributed by atoms with E-state index in [-0.39, 0.29) is 0 Å². The molecule has 0 spiro atoms. The van der Waals surface area contributed by atoms with Gasteiger partial charge in [-0.05, 0) is 89.5 Å². The van der Waals surface area contributed by atoms with Crippen LogP contribution in [0.25, 0.3) is 0 Å². The first-order chi connectivity index (χ1) is 15.8. The zero-order valence-electron chi connectivity index (χ0n) is 19.5. The number of benzene rings is 1. The van der Waals surface area contributed by atoms with E-state index in [1.54, 1.807) is 0 Å². The summed E-state index contributed by atoms with van der Waals surface area (Å²) in [5.74, 6) is 2.54. The molecule has 32 heavy (non-hydrogen) atoms. The van der Waals surface area contributed by atoms with Crippen LogP contribution in [0.1, 0.15) is 63.4 Å². The number of unbranched alkanes of at least 4 members (excludes halogenated alkanes) is 2. The molecule has 0 amide bonds. The van der Waals surface area contributed by atoms with Crippen LogP contribution in [0.4, 0.5) is 0 Å². The van der Waals surface area contributed by atoms with E-state index >= 15 is 0 Å². The van der Waals surface area contributed by atoms with Gasteiger partial charge in [0, 0.05) is 26.2 Å². The summed E-state index contributed by atoms with van der Waals surface area (Å²) in [6, 6.07) is 6.30. The third kappa shape index (κ3) is 7.71. The third-order valence-electron chi connectivity index (χ3n) is 6.99. The first-order valence-electron chi connectivity index (χ1n) is 12.7. The molecule has 0 aliphatic carbocycles. The van der Waals surface area contributed by atoms with Gasteiger partial charge in [-0.25, -0.2) is 0 Å². The van der Waals surface area contributed by atoms with Crippen LogP contribution in [0.2, 0.25) is 0 Å². The number of hydrogen-bond acceptors (Lipinski definition) is 5. The highest BCUT2D eigenvalue weighted by Gasteiger charge is 2.22. The van der Waals surface area contributed by atoms with Gasteiger partial charge in [0.1, 0.15) is 13.2 Å². The number of carbonyl (C=O) groups excluding carboxylic acids is 1. The minimum atomic E-state index is 0.406. The van der Waals surface area contributed by atoms with Crippen molar-refractivity contribution >= 4 is 14.1 Å². The van der Waals surface area contributed by atoms with Crippen molar-refractivity contribution in [2.45, 2.75) is 69.9 Å². The largest absolute Gasteiger partial charge is 0.486 e. The number of fused-ring (bicyclic) bond motifs is 1. The number of ether oxygens (including phenoxy) is 3. The summed E-state index contributed by atoms with van der Waals surface area (Å²) in [6.07, 6.45) is 11.5. The normalized spacial score (nSPS) is 20.8. The van der Waals surface area contributed by atoms with Crippen LogP contribution in [-0.2, 0) is 16.0 Å². The zero-order chi connectivity index (χ0) is 22.0. The maximum Gasteiger partial charge on any atom is 0.161 e. The minimum Gasteiger partial charge on any atom is -0.486 e. The summed E-state index contributed by atoms with van der Waals surface area (Å²) >= 11 is 0. The molecule has 4 rings (SSSR count). The Kier molecular flexibility index (Phi) is 9.68. The molecule has 0 aromatic heterocycles. The van der Waals surface area contributed by atoms with Gasteiger partial charge in [0.2, 0.25) is 0 Å². The molecule has 1 aromatic carbocycles. The van der Waals surface area contributed by atoms with Crippen LogP contribution in [0.15, 0.2) is 18.2 Å². The standard InChI is InChI=1S/C26H40NO4P/c28-26(7-3-1-2-6-21-10-14-29-15-11-21)32-23(20-27-12-4-5-13-27)18-22-8-9-24-25(19-22)31-17-16-30-24/h8-9,19,21,23,32H,1-7,10-18,20H2. The maximum atomic E-state index is 12.8. The van der Waals surface area contributed by atoms with Gasteiger partial charge < -0.3 is 19.1 Å². The summed E-state index contributed by atoms with van der Waals surface area (Å²) in [6.45, 7) is 6.52. The number of likely N-dealkylation sites (tertiary alicyclic amines) is 1. The first-order valence-corrected chi connectivity index (χ1v) is 13.8. The van der Waals surface area contributed by atoms with Gasteiger partial charge in [0.05, 0.1) is 0 Å². The summed E-state index contributed by atoms with van der Waals surface area (Å²) in [5.41, 5.74) is 2.14. The molecule has 3 aliphatic rings. The van der Waals surface area contributed by atoms with Crippen LogP contribution in [0.3, 0.4) is 0 Å². The Labute approximate surface area is 195 Å². The fourth-order valence-corrected chi connectivity index (χ4v) is 6.63. The van der Waals surface area contributed by atoms with Crippen LogP contribution >= 0.6 is 8.58 Å². The molecule has 1 aromatic rings. The Morgan fingerprint density at radius 2 is 1.78 bits per heavy atom. The van der Waals surface area contributed by atoms with E-state index in [0.717, 1.165) is 56.4 Å². The van der Waals surface area contributed by atoms with Crippen molar-refractivity contribution in [3.8, 4) is 11.5 Å². The first kappa shape index (κ1) is 24.0. The lowest BCUT2D eigenvalue weighted by molar-refractivity contribution is -0.111. The molecule has 2 atom stereocenters. The molecule has 2 fully saturated rings. The van der Waals surface area contributed by atoms with E-state index in [9.17, 15) is 4.79 Å². The quantitative estimate of drug-likeness (QED) is 0.322. The number of nitrogens with zero attached hydrogens (tertiary/aromatic N) is 1. The maximum absolute atomic E-state index is 12.8. The fourth-order valence-electron chi connectivity index (χ4n) is 5.17. The SMILES string of the molecule is O=C(CCCCCC1CCOCC1)PC(Cc1ccc2c(c1)OCCO2)CN1CCCC1. The Bertz CT molecular complexity index is 716. The van der Waals surface area contributed by atoms with Crippen LogP contribution in [-0.4, -0.2) is 62.1 Å². The molecule has 0 radical (unpaired) electrons. The molecule has 0 bridgehead atoms. The van der Waals surface area contributed by atoms with Gasteiger partial charge in [0.15, 0.2) is 17.0 Å². The van der Waals surface area contributed by atoms with Crippen molar-refractivity contribution in [3.63, 3.8) is 0 Å². The van der Waals surface area contributed by atoms with Crippen LogP contribution in [0, 0.1) is 5.92 Å². The molecular formula is C26H40NO4P. The van der Waals surface area contributed by atoms with Gasteiger partial charge in [-0.15, -0.1) is 0 Å². The van der Waals surface area contributed by atoms with Crippen LogP contribution in [0.5, 0.6) is 11.5 Å². The predicted molar refractivity (Wildman–Crippen MR) is 131 cm³/mol. The molecule has 0 N–H and O–H groups in total. The molecule has 2 saturated heterocycles. The van der Waals surface area contributed by atoms with E-state index in [1.807, 2.05) is 6.07 Å². The Morgan fingerprint density at radius 1 is 1.00 bits per heavy atom. The summed E-state index contributed by atoms with van der Waals surface area (Å²) < 4.78 is 16.9. The topological polar surface area (TPSA) is 48.0 Å². The van der Waals surface area contributed by atoms with Crippen molar-refractivity contribution in [1.82, 2.24) is 4.90 Å². The van der Waals surface area contributed by atoms with Gasteiger partial charge >= 0.3 is 0 Å². The molecule has 3 heterocycles. The van der Waals surface area contributed by atoms with Gasteiger partial charge in [-0.2, -0.15) is 0 Å². The number of rotatable bonds is 12. The van der Waals surface area contributed by atoms with E-state index in [2.05, 4.69) is 17.0 Å². The van der Waals surface area contributed by atoms with E-state index < -0.39 is 0 Å². The number of hydrogen-bond donors (Lipinski definition) is 0. The Balaban J connectivity index is 1.23. The highest BCUT2D eigenvalue weighted by atomic mass is 31.1. The Morgan fingerprint density at radius 3 is 2.59 bits per heavy atom. The fraction of sp³-hybridized carbons (Fsp3) is 0.731. The molecular weight excluding hydrogens is 421 g/mol. The molecule has 2 unspecified atom stereocenters. The van der Waals surface area contributed by atoms with Crippen molar-refractivity contribution in [2.24, 2.45) is 5.92 Å². The van der Waals surface area contributed by atoms with E-state index in [4.69, 9.17) is 14.2 Å². The summed E-state index contributed by atoms with van der Waals surface area (Å²) in [4.78, 5) is 15.4. The summed E-state index contributed by atoms with van der Waals surface area (Å²) in [5, 5.41) is 0. The van der Waals surface area contributed by atoms with Gasteiger partial charge in [-0.1, -0.05) is 25.3 Å². The molecule has 6 heteroatoms. The predicted octanol–water partition coefficient (Wildman–Crippen LogP) is 5.05. The van der Waals surface area contributed by atoms with Crippen molar-refractivity contribution < 1.29 is 19.0 Å². The second-order valence-corrected chi connectivity index (χ2v) is 11.3. The molecule has 3 aliphatic heterocycles. The smallest absolute Gasteiger partial charge is 0.161 e. The van der Waals surface area contributed by atoms with E-state index in [1.165, 1.54) is 63.6 Å². The lowest BCUT2D eigenvalue weighted by atomic mass is 9.94. The molecule has 0 saturated carbocycles. The van der Waals surface area contributed by atoms with Crippen molar-refractivity contribution in [1.29, 1.82) is 0 Å². The molecule has 5 nitrogen and oxygen atoms in total.